The minimum Gasteiger partial charge on any atom is -0.345 e. The molecular weight excluding hydrogens is 1010 g/mol. The molecule has 7 aromatic heterocycles. The summed E-state index contributed by atoms with van der Waals surface area (Å²) >= 11 is 0. The van der Waals surface area contributed by atoms with Crippen molar-refractivity contribution in [2.45, 2.75) is 94.7 Å². The van der Waals surface area contributed by atoms with Gasteiger partial charge in [0.15, 0.2) is 22.6 Å². The lowest BCUT2D eigenvalue weighted by molar-refractivity contribution is 0.449. The number of benzene rings is 1. The summed E-state index contributed by atoms with van der Waals surface area (Å²) in [4.78, 5) is 15.8. The molecule has 3 N–H and O–H groups in total. The maximum atomic E-state index is 13.3. The zero-order valence-electron chi connectivity index (χ0n) is 40.6. The normalized spacial score (nSPS) is 20.8. The topological polar surface area (TPSA) is 311 Å². The van der Waals surface area contributed by atoms with E-state index < -0.39 is 30.1 Å². The fraction of sp³-hybridized carbons (Fsp3) is 0.375. The molecule has 1 aromatic carbocycles. The summed E-state index contributed by atoms with van der Waals surface area (Å²) in [6.45, 7) is 10.3. The number of rotatable bonds is 14. The molecule has 1 aliphatic heterocycles. The smallest absolute Gasteiger partial charge is 0.269 e. The second-order valence-corrected chi connectivity index (χ2v) is 23.7. The summed E-state index contributed by atoms with van der Waals surface area (Å²) in [5.74, 6) is 1.93. The van der Waals surface area contributed by atoms with Gasteiger partial charge in [-0.1, -0.05) is 51.0 Å². The van der Waals surface area contributed by atoms with Crippen LogP contribution in [0.5, 0.6) is 0 Å². The van der Waals surface area contributed by atoms with Crippen molar-refractivity contribution in [3.05, 3.63) is 120 Å². The number of aromatic nitrogens is 12. The molecule has 0 spiro atoms. The summed E-state index contributed by atoms with van der Waals surface area (Å²) in [6, 6.07) is 13.9. The highest BCUT2D eigenvalue weighted by Gasteiger charge is 2.40. The Morgan fingerprint density at radius 2 is 1.45 bits per heavy atom. The molecule has 8 aromatic rings. The molecule has 26 heteroatoms. The van der Waals surface area contributed by atoms with Gasteiger partial charge < -0.3 is 4.98 Å². The predicted molar refractivity (Wildman–Crippen MR) is 275 cm³/mol. The second kappa shape index (κ2) is 21.2. The van der Waals surface area contributed by atoms with Crippen molar-refractivity contribution in [2.75, 3.05) is 12.3 Å². The molecule has 2 fully saturated rings. The Morgan fingerprint density at radius 3 is 2.03 bits per heavy atom. The van der Waals surface area contributed by atoms with E-state index in [-0.39, 0.29) is 52.7 Å². The van der Waals surface area contributed by atoms with Crippen molar-refractivity contribution in [3.63, 3.8) is 0 Å². The van der Waals surface area contributed by atoms with E-state index in [4.69, 9.17) is 10.5 Å². The summed E-state index contributed by atoms with van der Waals surface area (Å²) in [6.07, 6.45) is 17.3. The molecule has 0 saturated heterocycles. The Kier molecular flexibility index (Phi) is 14.7. The van der Waals surface area contributed by atoms with Crippen LogP contribution in [0.3, 0.4) is 0 Å². The molecule has 2 saturated carbocycles. The fourth-order valence-corrected chi connectivity index (χ4v) is 13.4. The van der Waals surface area contributed by atoms with E-state index in [2.05, 4.69) is 75.3 Å². The largest absolute Gasteiger partial charge is 0.345 e. The number of nitriles is 2. The fourth-order valence-electron chi connectivity index (χ4n) is 10.1. The van der Waals surface area contributed by atoms with E-state index in [1.165, 1.54) is 27.2 Å². The van der Waals surface area contributed by atoms with Crippen LogP contribution in [-0.4, -0.2) is 114 Å². The van der Waals surface area contributed by atoms with Crippen LogP contribution in [0, 0.1) is 41.4 Å². The lowest BCUT2D eigenvalue weighted by atomic mass is 9.93. The Bertz CT molecular complexity index is 3880. The minimum absolute atomic E-state index is 0.0600. The van der Waals surface area contributed by atoms with E-state index in [0.29, 0.717) is 65.5 Å². The van der Waals surface area contributed by atoms with Gasteiger partial charge in [-0.2, -0.15) is 15.6 Å². The third-order valence-corrected chi connectivity index (χ3v) is 17.9. The SMILES string of the molecule is C=CS(=O)(=O)N[C@H]1C[C@@H](CC)[C@@H](c2nnc3cnc4c(ccn4S(=O)(=O)c4ccc(C)cc4)n23)C1.CC[C@@H]1C[C@H](NS(=O)(=O)CCn2cc(C#N)cn2)C[C@@H]1c1nnc2cnc3[nH]ccc3n12.N#CC1=CCN=C1. The van der Waals surface area contributed by atoms with Crippen molar-refractivity contribution in [2.24, 2.45) is 16.8 Å². The quantitative estimate of drug-likeness (QED) is 0.128. The first kappa shape index (κ1) is 51.4. The Balaban J connectivity index is 0.000000161. The number of H-pyrrole nitrogens is 1. The van der Waals surface area contributed by atoms with Gasteiger partial charge in [0.1, 0.15) is 23.8 Å². The number of hydrogen-bond acceptors (Lipinski definition) is 16. The molecule has 384 valence electrons. The summed E-state index contributed by atoms with van der Waals surface area (Å²) in [7, 11) is -10.9. The van der Waals surface area contributed by atoms with Crippen molar-refractivity contribution in [1.29, 1.82) is 10.5 Å². The van der Waals surface area contributed by atoms with Gasteiger partial charge in [0.2, 0.25) is 20.0 Å². The van der Waals surface area contributed by atoms with E-state index in [9.17, 15) is 25.3 Å². The highest BCUT2D eigenvalue weighted by molar-refractivity contribution is 7.92. The molecule has 11 rings (SSSR count). The van der Waals surface area contributed by atoms with Crippen molar-refractivity contribution >= 4 is 69.9 Å². The summed E-state index contributed by atoms with van der Waals surface area (Å²) in [5, 5.41) is 39.4. The third-order valence-electron chi connectivity index (χ3n) is 13.7. The maximum absolute atomic E-state index is 13.3. The molecule has 0 radical (unpaired) electrons. The van der Waals surface area contributed by atoms with Crippen LogP contribution in [0.2, 0.25) is 0 Å². The number of hydrogen-bond donors (Lipinski definition) is 3. The Hall–Kier alpha value is -7.49. The standard InChI is InChI=1S/C23H26N6O4S2.C20H23N9O2S.C5H4N2/c1-4-16-12-17(27-34(30,31)5-2)13-19(16)22-26-25-21-14-24-23-20(29(21)22)10-11-28(23)35(32,33)18-8-6-15(3)7-9-18;1-2-14-7-15(27-32(30,31)6-5-28-12-13(9-21)10-24-28)8-16(14)20-26-25-18-11-23-19-17(29(18)20)3-4-22-19;6-3-5-1-2-7-4-5/h5-11,14,16-17,19,27H,2,4,12-13H2,1,3H3;3-4,10-12,14-16,22,27H,2,5-8H2,1H3;1,4H,2H2/t16-,17+,19+;14-,15+,16+;/m11./s1. The number of nitrogens with zero attached hydrogens (tertiary/aromatic N) is 14. The zero-order valence-corrected chi connectivity index (χ0v) is 43.1. The van der Waals surface area contributed by atoms with Crippen LogP contribution in [0.15, 0.2) is 107 Å². The monoisotopic (exact) mass is 1060 g/mol. The van der Waals surface area contributed by atoms with Crippen molar-refractivity contribution in [3.8, 4) is 12.1 Å². The first-order valence-electron chi connectivity index (χ1n) is 23.9. The van der Waals surface area contributed by atoms with Gasteiger partial charge >= 0.3 is 0 Å². The molecule has 2 aliphatic carbocycles. The lowest BCUT2D eigenvalue weighted by Gasteiger charge is -2.16. The molecule has 8 heterocycles. The van der Waals surface area contributed by atoms with Crippen LogP contribution < -0.4 is 9.44 Å². The third kappa shape index (κ3) is 10.6. The van der Waals surface area contributed by atoms with E-state index in [1.807, 2.05) is 40.1 Å². The number of aliphatic imine (C=N–C) groups is 1. The van der Waals surface area contributed by atoms with E-state index >= 15 is 0 Å². The number of allylic oxidation sites excluding steroid dienone is 1. The second-order valence-electron chi connectivity index (χ2n) is 18.4. The molecule has 74 heavy (non-hydrogen) atoms. The van der Waals surface area contributed by atoms with Gasteiger partial charge in [0.25, 0.3) is 10.0 Å². The maximum Gasteiger partial charge on any atom is 0.269 e. The summed E-state index contributed by atoms with van der Waals surface area (Å²) in [5.41, 5.74) is 5.76. The zero-order chi connectivity index (χ0) is 52.4. The minimum atomic E-state index is -3.86. The molecular formula is C48H53N17O6S3. The predicted octanol–water partition coefficient (Wildman–Crippen LogP) is 5.05. The number of aromatic amines is 1. The summed E-state index contributed by atoms with van der Waals surface area (Å²) < 4.78 is 88.3. The van der Waals surface area contributed by atoms with E-state index in [1.54, 1.807) is 55.0 Å². The van der Waals surface area contributed by atoms with Crippen LogP contribution >= 0.6 is 0 Å². The Morgan fingerprint density at radius 1 is 0.797 bits per heavy atom. The first-order valence-corrected chi connectivity index (χ1v) is 28.6. The molecule has 0 amide bonds. The number of fused-ring (bicyclic) bond motifs is 6. The van der Waals surface area contributed by atoms with Gasteiger partial charge in [-0.15, -0.1) is 20.4 Å². The highest BCUT2D eigenvalue weighted by atomic mass is 32.2. The first-order chi connectivity index (χ1) is 35.5. The molecule has 6 atom stereocenters. The van der Waals surface area contributed by atoms with Crippen molar-refractivity contribution < 1.29 is 25.3 Å². The number of nitrogens with one attached hydrogen (secondary N) is 3. The van der Waals surface area contributed by atoms with Gasteiger partial charge in [-0.05, 0) is 74.8 Å². The van der Waals surface area contributed by atoms with Crippen LogP contribution in [0.1, 0.15) is 87.0 Å². The van der Waals surface area contributed by atoms with Crippen LogP contribution in [0.4, 0.5) is 0 Å². The van der Waals surface area contributed by atoms with Gasteiger partial charge in [0.05, 0.1) is 64.5 Å². The van der Waals surface area contributed by atoms with Gasteiger partial charge in [-0.3, -0.25) is 18.5 Å². The van der Waals surface area contributed by atoms with Crippen molar-refractivity contribution in [1.82, 2.24) is 67.3 Å². The van der Waals surface area contributed by atoms with Crippen LogP contribution in [0.25, 0.3) is 33.6 Å². The highest BCUT2D eigenvalue weighted by Crippen LogP contribution is 2.43. The molecule has 3 aliphatic rings. The van der Waals surface area contributed by atoms with E-state index in [0.717, 1.165) is 47.2 Å². The Labute approximate surface area is 426 Å². The molecule has 23 nitrogen and oxygen atoms in total. The molecule has 0 unspecified atom stereocenters. The van der Waals surface area contributed by atoms with Crippen LogP contribution in [-0.2, 0) is 36.6 Å². The van der Waals surface area contributed by atoms with Gasteiger partial charge in [0, 0.05) is 54.1 Å². The average Bonchev–Trinajstić information content (AvgIpc) is 4.25. The molecule has 0 bridgehead atoms. The number of sulfonamides is 2. The lowest BCUT2D eigenvalue weighted by Crippen LogP contribution is -2.36. The average molecular weight is 1060 g/mol. The number of aryl methyl sites for hydroxylation is 2. The van der Waals surface area contributed by atoms with Gasteiger partial charge in [-0.25, -0.2) is 48.6 Å².